The zero-order valence-electron chi connectivity index (χ0n) is 10.1. The maximum absolute atomic E-state index is 2.42. The van der Waals surface area contributed by atoms with Crippen molar-refractivity contribution in [2.45, 2.75) is 46.5 Å². The van der Waals surface area contributed by atoms with Gasteiger partial charge < -0.3 is 0 Å². The maximum Gasteiger partial charge on any atom is -0.00880 e. The molecule has 1 aromatic carbocycles. The zero-order chi connectivity index (χ0) is 10.8. The molecule has 0 nitrogen and oxygen atoms in total. The number of hydrogen-bond acceptors (Lipinski definition) is 0. The molecule has 0 amide bonds. The van der Waals surface area contributed by atoms with Crippen LogP contribution in [0.5, 0.6) is 0 Å². The van der Waals surface area contributed by atoms with Gasteiger partial charge in [-0.05, 0) is 53.5 Å². The Morgan fingerprint density at radius 1 is 1.00 bits per heavy atom. The first-order valence-electron chi connectivity index (χ1n) is 6.14. The summed E-state index contributed by atoms with van der Waals surface area (Å²) >= 11 is 0. The highest BCUT2D eigenvalue weighted by molar-refractivity contribution is 5.66. The Balaban J connectivity index is 2.65. The van der Waals surface area contributed by atoms with Gasteiger partial charge in [-0.2, -0.15) is 0 Å². The van der Waals surface area contributed by atoms with Crippen molar-refractivity contribution in [3.8, 4) is 0 Å². The van der Waals surface area contributed by atoms with Crippen molar-refractivity contribution in [1.82, 2.24) is 0 Å². The molecule has 0 heteroatoms. The lowest BCUT2D eigenvalue weighted by Gasteiger charge is -2.16. The zero-order valence-corrected chi connectivity index (χ0v) is 10.1. The molecule has 0 fully saturated rings. The van der Waals surface area contributed by atoms with Crippen LogP contribution in [0.1, 0.15) is 48.6 Å². The lowest BCUT2D eigenvalue weighted by atomic mass is 9.89. The summed E-state index contributed by atoms with van der Waals surface area (Å²) < 4.78 is 0. The van der Waals surface area contributed by atoms with Gasteiger partial charge in [0, 0.05) is 0 Å². The van der Waals surface area contributed by atoms with Crippen LogP contribution in [0.3, 0.4) is 0 Å². The molecule has 0 saturated carbocycles. The molecule has 0 unspecified atom stereocenters. The Morgan fingerprint density at radius 2 is 1.73 bits per heavy atom. The molecular weight excluding hydrogens is 180 g/mol. The monoisotopic (exact) mass is 200 g/mol. The number of aryl methyl sites for hydroxylation is 1. The Kier molecular flexibility index (Phi) is 2.95. The Hall–Kier alpha value is -1.04. The summed E-state index contributed by atoms with van der Waals surface area (Å²) in [5.41, 5.74) is 7.83. The molecule has 0 aliphatic heterocycles. The van der Waals surface area contributed by atoms with E-state index in [1.165, 1.54) is 24.8 Å². The minimum Gasteiger partial charge on any atom is -0.0795 e. The fourth-order valence-corrected chi connectivity index (χ4v) is 2.77. The first-order chi connectivity index (χ1) is 7.31. The third-order valence-corrected chi connectivity index (χ3v) is 3.48. The standard InChI is InChI=1S/C15H20/c1-4-11-10-12-8-7-9-15(12)14(6-3)13(11)5-2/h7,9-10H,4-6,8H2,1-3H3. The highest BCUT2D eigenvalue weighted by atomic mass is 14.2. The molecule has 0 spiro atoms. The lowest BCUT2D eigenvalue weighted by Crippen LogP contribution is -2.02. The summed E-state index contributed by atoms with van der Waals surface area (Å²) in [6, 6.07) is 2.42. The van der Waals surface area contributed by atoms with E-state index in [0.29, 0.717) is 0 Å². The van der Waals surface area contributed by atoms with Gasteiger partial charge in [0.05, 0.1) is 0 Å². The number of allylic oxidation sites excluding steroid dienone is 1. The molecule has 0 aromatic heterocycles. The van der Waals surface area contributed by atoms with Crippen LogP contribution in [-0.4, -0.2) is 0 Å². The molecule has 0 atom stereocenters. The van der Waals surface area contributed by atoms with Gasteiger partial charge in [0.2, 0.25) is 0 Å². The van der Waals surface area contributed by atoms with Gasteiger partial charge in [-0.1, -0.05) is 39.0 Å². The number of fused-ring (bicyclic) bond motifs is 1. The van der Waals surface area contributed by atoms with E-state index in [1.54, 1.807) is 22.3 Å². The quantitative estimate of drug-likeness (QED) is 0.693. The third kappa shape index (κ3) is 1.62. The summed E-state index contributed by atoms with van der Waals surface area (Å²) in [6.45, 7) is 6.82. The Bertz CT molecular complexity index is 397. The van der Waals surface area contributed by atoms with Gasteiger partial charge >= 0.3 is 0 Å². The number of benzene rings is 1. The van der Waals surface area contributed by atoms with Crippen LogP contribution in [0.4, 0.5) is 0 Å². The number of rotatable bonds is 3. The van der Waals surface area contributed by atoms with Gasteiger partial charge in [0.15, 0.2) is 0 Å². The average molecular weight is 200 g/mol. The van der Waals surface area contributed by atoms with Crippen molar-refractivity contribution < 1.29 is 0 Å². The van der Waals surface area contributed by atoms with Crippen LogP contribution >= 0.6 is 0 Å². The second-order valence-corrected chi connectivity index (χ2v) is 4.23. The van der Waals surface area contributed by atoms with Gasteiger partial charge in [-0.3, -0.25) is 0 Å². The SMILES string of the molecule is CCc1cc2c(c(CC)c1CC)C=CC2. The molecule has 1 aromatic rings. The average Bonchev–Trinajstić information content (AvgIpc) is 2.73. The van der Waals surface area contributed by atoms with Crippen LogP contribution in [0.2, 0.25) is 0 Å². The summed E-state index contributed by atoms with van der Waals surface area (Å²) in [7, 11) is 0. The maximum atomic E-state index is 2.42. The van der Waals surface area contributed by atoms with E-state index in [2.05, 4.69) is 39.0 Å². The van der Waals surface area contributed by atoms with E-state index in [9.17, 15) is 0 Å². The molecule has 0 bridgehead atoms. The van der Waals surface area contributed by atoms with Crippen LogP contribution in [0.25, 0.3) is 6.08 Å². The van der Waals surface area contributed by atoms with Gasteiger partial charge in [0.1, 0.15) is 0 Å². The predicted molar refractivity (Wildman–Crippen MR) is 67.3 cm³/mol. The van der Waals surface area contributed by atoms with Crippen molar-refractivity contribution in [3.05, 3.63) is 40.0 Å². The minimum atomic E-state index is 1.14. The van der Waals surface area contributed by atoms with Crippen LogP contribution in [0.15, 0.2) is 12.1 Å². The molecule has 15 heavy (non-hydrogen) atoms. The molecule has 2 rings (SSSR count). The molecule has 1 aliphatic rings. The summed E-state index contributed by atoms with van der Waals surface area (Å²) in [5.74, 6) is 0. The van der Waals surface area contributed by atoms with E-state index in [0.717, 1.165) is 6.42 Å². The lowest BCUT2D eigenvalue weighted by molar-refractivity contribution is 0.970. The third-order valence-electron chi connectivity index (χ3n) is 3.48. The first-order valence-corrected chi connectivity index (χ1v) is 6.14. The van der Waals surface area contributed by atoms with E-state index < -0.39 is 0 Å². The van der Waals surface area contributed by atoms with Crippen molar-refractivity contribution in [2.24, 2.45) is 0 Å². The Labute approximate surface area is 93.0 Å². The van der Waals surface area contributed by atoms with E-state index >= 15 is 0 Å². The molecule has 80 valence electrons. The summed E-state index contributed by atoms with van der Waals surface area (Å²) in [6.07, 6.45) is 9.26. The second-order valence-electron chi connectivity index (χ2n) is 4.23. The van der Waals surface area contributed by atoms with Gasteiger partial charge in [0.25, 0.3) is 0 Å². The fraction of sp³-hybridized carbons (Fsp3) is 0.467. The smallest absolute Gasteiger partial charge is 0.00880 e. The van der Waals surface area contributed by atoms with Gasteiger partial charge in [-0.15, -0.1) is 0 Å². The summed E-state index contributed by atoms with van der Waals surface area (Å²) in [5, 5.41) is 0. The Morgan fingerprint density at radius 3 is 2.33 bits per heavy atom. The number of hydrogen-bond donors (Lipinski definition) is 0. The molecule has 1 aliphatic carbocycles. The highest BCUT2D eigenvalue weighted by Gasteiger charge is 2.15. The van der Waals surface area contributed by atoms with Gasteiger partial charge in [-0.25, -0.2) is 0 Å². The van der Waals surface area contributed by atoms with Crippen molar-refractivity contribution in [1.29, 1.82) is 0 Å². The molecule has 0 saturated heterocycles. The van der Waals surface area contributed by atoms with E-state index in [1.807, 2.05) is 0 Å². The molecular formula is C15H20. The molecule has 0 N–H and O–H groups in total. The van der Waals surface area contributed by atoms with Crippen LogP contribution < -0.4 is 0 Å². The predicted octanol–water partition coefficient (Wildman–Crippen LogP) is 3.94. The minimum absolute atomic E-state index is 1.14. The second kappa shape index (κ2) is 4.22. The van der Waals surface area contributed by atoms with Crippen molar-refractivity contribution in [3.63, 3.8) is 0 Å². The topological polar surface area (TPSA) is 0 Å². The van der Waals surface area contributed by atoms with E-state index in [-0.39, 0.29) is 0 Å². The largest absolute Gasteiger partial charge is 0.0795 e. The van der Waals surface area contributed by atoms with Crippen molar-refractivity contribution in [2.75, 3.05) is 0 Å². The first kappa shape index (κ1) is 10.5. The fourth-order valence-electron chi connectivity index (χ4n) is 2.77. The summed E-state index contributed by atoms with van der Waals surface area (Å²) in [4.78, 5) is 0. The molecule has 0 radical (unpaired) electrons. The van der Waals surface area contributed by atoms with Crippen LogP contribution in [0, 0.1) is 0 Å². The molecule has 0 heterocycles. The normalized spacial score (nSPS) is 13.3. The van der Waals surface area contributed by atoms with Crippen LogP contribution in [-0.2, 0) is 25.7 Å². The highest BCUT2D eigenvalue weighted by Crippen LogP contribution is 2.30. The van der Waals surface area contributed by atoms with E-state index in [4.69, 9.17) is 0 Å². The van der Waals surface area contributed by atoms with Crippen molar-refractivity contribution >= 4 is 6.08 Å².